The van der Waals surface area contributed by atoms with Gasteiger partial charge in [-0.2, -0.15) is 5.10 Å². The van der Waals surface area contributed by atoms with Gasteiger partial charge in [0.15, 0.2) is 11.6 Å². The number of aryl methyl sites for hydroxylation is 2. The van der Waals surface area contributed by atoms with Crippen LogP contribution in [0.5, 0.6) is 0 Å². The van der Waals surface area contributed by atoms with E-state index in [0.29, 0.717) is 42.9 Å². The highest BCUT2D eigenvalue weighted by Crippen LogP contribution is 2.18. The number of ether oxygens (including phenoxy) is 1. The molecule has 9 nitrogen and oxygen atoms in total. The molecule has 0 saturated carbocycles. The second kappa shape index (κ2) is 9.05. The van der Waals surface area contributed by atoms with Crippen LogP contribution in [0.2, 0.25) is 0 Å². The predicted molar refractivity (Wildman–Crippen MR) is 106 cm³/mol. The lowest BCUT2D eigenvalue weighted by atomic mass is 10.2. The SMILES string of the molecule is COCc1nc(-c2ccc(NC(=O)CCNc3nc(C)cc(C)n3)cc2)n[nH]1. The third kappa shape index (κ3) is 5.34. The first-order chi connectivity index (χ1) is 13.5. The van der Waals surface area contributed by atoms with E-state index in [2.05, 4.69) is 35.8 Å². The Hall–Kier alpha value is -3.33. The molecule has 1 aromatic carbocycles. The second-order valence-corrected chi connectivity index (χ2v) is 6.32. The first-order valence-corrected chi connectivity index (χ1v) is 8.90. The molecule has 3 aromatic rings. The number of hydrogen-bond donors (Lipinski definition) is 3. The topological polar surface area (TPSA) is 118 Å². The van der Waals surface area contributed by atoms with Gasteiger partial charge in [-0.05, 0) is 44.2 Å². The number of aromatic amines is 1. The van der Waals surface area contributed by atoms with Crippen molar-refractivity contribution in [1.29, 1.82) is 0 Å². The zero-order valence-electron chi connectivity index (χ0n) is 16.1. The maximum Gasteiger partial charge on any atom is 0.226 e. The highest BCUT2D eigenvalue weighted by molar-refractivity contribution is 5.91. The van der Waals surface area contributed by atoms with E-state index < -0.39 is 0 Å². The Morgan fingerprint density at radius 2 is 1.82 bits per heavy atom. The van der Waals surface area contributed by atoms with Crippen molar-refractivity contribution in [2.45, 2.75) is 26.9 Å². The molecule has 0 aliphatic carbocycles. The van der Waals surface area contributed by atoms with Crippen LogP contribution in [-0.4, -0.2) is 44.7 Å². The summed E-state index contributed by atoms with van der Waals surface area (Å²) in [5.74, 6) is 1.69. The van der Waals surface area contributed by atoms with Gasteiger partial charge in [-0.3, -0.25) is 9.89 Å². The number of methoxy groups -OCH3 is 1. The number of carbonyl (C=O) groups excluding carboxylic acids is 1. The molecule has 0 aliphatic heterocycles. The normalized spacial score (nSPS) is 10.7. The summed E-state index contributed by atoms with van der Waals surface area (Å²) in [6.45, 7) is 4.65. The van der Waals surface area contributed by atoms with Crippen molar-refractivity contribution >= 4 is 17.5 Å². The molecule has 0 spiro atoms. The minimum absolute atomic E-state index is 0.0927. The average molecular weight is 381 g/mol. The smallest absolute Gasteiger partial charge is 0.226 e. The zero-order chi connectivity index (χ0) is 19.9. The first kappa shape index (κ1) is 19.4. The molecule has 28 heavy (non-hydrogen) atoms. The Morgan fingerprint density at radius 3 is 2.50 bits per heavy atom. The van der Waals surface area contributed by atoms with Crippen LogP contribution in [0.4, 0.5) is 11.6 Å². The van der Waals surface area contributed by atoms with Crippen molar-refractivity contribution in [1.82, 2.24) is 25.1 Å². The van der Waals surface area contributed by atoms with Crippen LogP contribution in [0.3, 0.4) is 0 Å². The lowest BCUT2D eigenvalue weighted by Crippen LogP contribution is -2.17. The molecule has 1 amide bonds. The molecule has 0 aliphatic rings. The maximum atomic E-state index is 12.1. The molecule has 3 rings (SSSR count). The van der Waals surface area contributed by atoms with Crippen molar-refractivity contribution in [2.24, 2.45) is 0 Å². The van der Waals surface area contributed by atoms with Crippen molar-refractivity contribution in [2.75, 3.05) is 24.3 Å². The molecule has 146 valence electrons. The van der Waals surface area contributed by atoms with Gasteiger partial charge in [-0.15, -0.1) is 0 Å². The second-order valence-electron chi connectivity index (χ2n) is 6.32. The van der Waals surface area contributed by atoms with Gasteiger partial charge in [0.25, 0.3) is 0 Å². The van der Waals surface area contributed by atoms with Crippen molar-refractivity contribution in [3.05, 3.63) is 47.5 Å². The van der Waals surface area contributed by atoms with Crippen LogP contribution in [-0.2, 0) is 16.1 Å². The number of aromatic nitrogens is 5. The number of nitrogens with one attached hydrogen (secondary N) is 3. The molecule has 0 bridgehead atoms. The summed E-state index contributed by atoms with van der Waals surface area (Å²) in [6.07, 6.45) is 0.305. The van der Waals surface area contributed by atoms with E-state index in [1.165, 1.54) is 0 Å². The van der Waals surface area contributed by atoms with Gasteiger partial charge >= 0.3 is 0 Å². The molecule has 0 atom stereocenters. The summed E-state index contributed by atoms with van der Waals surface area (Å²) in [5.41, 5.74) is 3.34. The highest BCUT2D eigenvalue weighted by Gasteiger charge is 2.07. The molecule has 0 unspecified atom stereocenters. The number of nitrogens with zero attached hydrogens (tertiary/aromatic N) is 4. The first-order valence-electron chi connectivity index (χ1n) is 8.90. The van der Waals surface area contributed by atoms with Crippen LogP contribution in [0.1, 0.15) is 23.6 Å². The Labute approximate surface area is 163 Å². The Kier molecular flexibility index (Phi) is 6.28. The third-order valence-electron chi connectivity index (χ3n) is 3.86. The molecule has 9 heteroatoms. The van der Waals surface area contributed by atoms with Gasteiger partial charge in [0.05, 0.1) is 0 Å². The number of H-pyrrole nitrogens is 1. The molecule has 0 saturated heterocycles. The van der Waals surface area contributed by atoms with Gasteiger partial charge in [-0.1, -0.05) is 0 Å². The fourth-order valence-corrected chi connectivity index (χ4v) is 2.64. The van der Waals surface area contributed by atoms with Gasteiger partial charge in [-0.25, -0.2) is 15.0 Å². The van der Waals surface area contributed by atoms with E-state index in [-0.39, 0.29) is 5.91 Å². The van der Waals surface area contributed by atoms with E-state index in [4.69, 9.17) is 4.74 Å². The molecular formula is C19H23N7O2. The molecule has 2 aromatic heterocycles. The van der Waals surface area contributed by atoms with E-state index >= 15 is 0 Å². The lowest BCUT2D eigenvalue weighted by molar-refractivity contribution is -0.115. The summed E-state index contributed by atoms with van der Waals surface area (Å²) in [6, 6.07) is 9.26. The average Bonchev–Trinajstić information content (AvgIpc) is 3.10. The van der Waals surface area contributed by atoms with Crippen LogP contribution in [0.15, 0.2) is 30.3 Å². The molecule has 0 fully saturated rings. The number of carbonyl (C=O) groups is 1. The monoisotopic (exact) mass is 381 g/mol. The molecule has 3 N–H and O–H groups in total. The standard InChI is InChI=1S/C19H23N7O2/c1-12-10-13(2)22-19(21-12)20-9-8-17(27)23-15-6-4-14(5-7-15)18-24-16(11-28-3)25-26-18/h4-7,10H,8-9,11H2,1-3H3,(H,23,27)(H,20,21,22)(H,24,25,26). The van der Waals surface area contributed by atoms with Gasteiger partial charge < -0.3 is 15.4 Å². The number of hydrogen-bond acceptors (Lipinski definition) is 7. The van der Waals surface area contributed by atoms with E-state index in [0.717, 1.165) is 17.0 Å². The molecular weight excluding hydrogens is 358 g/mol. The van der Waals surface area contributed by atoms with Crippen LogP contribution < -0.4 is 10.6 Å². The number of rotatable bonds is 8. The van der Waals surface area contributed by atoms with Gasteiger partial charge in [0.1, 0.15) is 6.61 Å². The maximum absolute atomic E-state index is 12.1. The number of amides is 1. The third-order valence-corrected chi connectivity index (χ3v) is 3.86. The van der Waals surface area contributed by atoms with Gasteiger partial charge in [0, 0.05) is 42.7 Å². The largest absolute Gasteiger partial charge is 0.377 e. The molecule has 0 radical (unpaired) electrons. The highest BCUT2D eigenvalue weighted by atomic mass is 16.5. The fourth-order valence-electron chi connectivity index (χ4n) is 2.64. The summed E-state index contributed by atoms with van der Waals surface area (Å²) < 4.78 is 5.02. The Balaban J connectivity index is 1.49. The minimum Gasteiger partial charge on any atom is -0.377 e. The summed E-state index contributed by atoms with van der Waals surface area (Å²) in [4.78, 5) is 25.1. The van der Waals surface area contributed by atoms with Crippen LogP contribution >= 0.6 is 0 Å². The number of benzene rings is 1. The van der Waals surface area contributed by atoms with Crippen molar-refractivity contribution in [3.63, 3.8) is 0 Å². The molecule has 2 heterocycles. The van der Waals surface area contributed by atoms with E-state index in [9.17, 15) is 4.79 Å². The quantitative estimate of drug-likeness (QED) is 0.548. The van der Waals surface area contributed by atoms with E-state index in [1.54, 1.807) is 7.11 Å². The fraction of sp³-hybridized carbons (Fsp3) is 0.316. The minimum atomic E-state index is -0.0927. The van der Waals surface area contributed by atoms with E-state index in [1.807, 2.05) is 44.2 Å². The Bertz CT molecular complexity index is 917. The summed E-state index contributed by atoms with van der Waals surface area (Å²) in [5, 5.41) is 12.9. The summed E-state index contributed by atoms with van der Waals surface area (Å²) in [7, 11) is 1.60. The summed E-state index contributed by atoms with van der Waals surface area (Å²) >= 11 is 0. The number of anilines is 2. The van der Waals surface area contributed by atoms with Crippen molar-refractivity contribution < 1.29 is 9.53 Å². The van der Waals surface area contributed by atoms with Crippen LogP contribution in [0.25, 0.3) is 11.4 Å². The van der Waals surface area contributed by atoms with Gasteiger partial charge in [0.2, 0.25) is 11.9 Å². The van der Waals surface area contributed by atoms with Crippen LogP contribution in [0, 0.1) is 13.8 Å². The van der Waals surface area contributed by atoms with Crippen molar-refractivity contribution in [3.8, 4) is 11.4 Å². The lowest BCUT2D eigenvalue weighted by Gasteiger charge is -2.08. The Morgan fingerprint density at radius 1 is 1.11 bits per heavy atom. The predicted octanol–water partition coefficient (Wildman–Crippen LogP) is 2.47. The zero-order valence-corrected chi connectivity index (χ0v) is 16.1.